The molecule has 2 fully saturated rings. The number of amides is 1. The third-order valence-electron chi connectivity index (χ3n) is 5.92. The van der Waals surface area contributed by atoms with Crippen molar-refractivity contribution in [2.24, 2.45) is 17.6 Å². The smallest absolute Gasteiger partial charge is 0.231 e. The van der Waals surface area contributed by atoms with Gasteiger partial charge in [-0.1, -0.05) is 11.6 Å². The van der Waals surface area contributed by atoms with Gasteiger partial charge in [-0.15, -0.1) is 0 Å². The molecule has 1 aromatic rings. The quantitative estimate of drug-likeness (QED) is 0.876. The minimum atomic E-state index is -0.303. The van der Waals surface area contributed by atoms with Gasteiger partial charge >= 0.3 is 0 Å². The van der Waals surface area contributed by atoms with Crippen LogP contribution in [0.1, 0.15) is 38.4 Å². The molecule has 0 aliphatic carbocycles. The Balaban J connectivity index is 1.60. The summed E-state index contributed by atoms with van der Waals surface area (Å²) in [5.41, 5.74) is 6.13. The molecule has 0 aromatic heterocycles. The van der Waals surface area contributed by atoms with Gasteiger partial charge in [0.15, 0.2) is 0 Å². The van der Waals surface area contributed by atoms with Crippen LogP contribution in [-0.4, -0.2) is 42.1 Å². The number of nitrogens with two attached hydrogens (primary N) is 1. The highest BCUT2D eigenvalue weighted by atomic mass is 35.5. The first-order chi connectivity index (χ1) is 11.8. The van der Waals surface area contributed by atoms with E-state index in [0.29, 0.717) is 17.5 Å². The van der Waals surface area contributed by atoms with Crippen molar-refractivity contribution in [3.63, 3.8) is 0 Å². The Kier molecular flexibility index (Phi) is 4.21. The molecular weight excluding hydrogens is 340 g/mol. The van der Waals surface area contributed by atoms with Crippen molar-refractivity contribution in [3.8, 4) is 5.75 Å². The van der Waals surface area contributed by atoms with Gasteiger partial charge in [-0.3, -0.25) is 9.69 Å². The third-order valence-corrected chi connectivity index (χ3v) is 6.15. The van der Waals surface area contributed by atoms with Gasteiger partial charge in [0.05, 0.1) is 18.8 Å². The molecule has 136 valence electrons. The summed E-state index contributed by atoms with van der Waals surface area (Å²) in [6.45, 7) is 6.31. The van der Waals surface area contributed by atoms with Gasteiger partial charge in [0.2, 0.25) is 5.91 Å². The minimum absolute atomic E-state index is 0.0152. The van der Waals surface area contributed by atoms with Gasteiger partial charge in [0.25, 0.3) is 0 Å². The van der Waals surface area contributed by atoms with Gasteiger partial charge in [-0.2, -0.15) is 0 Å². The van der Waals surface area contributed by atoms with Gasteiger partial charge < -0.3 is 15.2 Å². The average Bonchev–Trinajstić information content (AvgIpc) is 2.54. The van der Waals surface area contributed by atoms with E-state index in [1.807, 2.05) is 18.2 Å². The monoisotopic (exact) mass is 364 g/mol. The Bertz CT molecular complexity index is 693. The maximum Gasteiger partial charge on any atom is 0.231 e. The molecule has 3 heterocycles. The van der Waals surface area contributed by atoms with Gasteiger partial charge in [-0.25, -0.2) is 0 Å². The molecule has 1 aromatic carbocycles. The summed E-state index contributed by atoms with van der Waals surface area (Å²) < 4.78 is 12.9. The van der Waals surface area contributed by atoms with Gasteiger partial charge in [-0.05, 0) is 50.8 Å². The minimum Gasteiger partial charge on any atom is -0.487 e. The summed E-state index contributed by atoms with van der Waals surface area (Å²) in [4.78, 5) is 13.4. The van der Waals surface area contributed by atoms with E-state index in [-0.39, 0.29) is 29.6 Å². The number of primary amides is 1. The molecule has 0 bridgehead atoms. The molecule has 0 saturated carbocycles. The number of halogens is 1. The van der Waals surface area contributed by atoms with E-state index in [9.17, 15) is 4.79 Å². The molecule has 1 amide bonds. The van der Waals surface area contributed by atoms with Crippen molar-refractivity contribution in [2.45, 2.75) is 44.5 Å². The second-order valence-corrected chi connectivity index (χ2v) is 8.51. The molecule has 6 heteroatoms. The molecule has 25 heavy (non-hydrogen) atoms. The molecule has 5 nitrogen and oxygen atoms in total. The molecular formula is C19H25ClN2O3. The Hall–Kier alpha value is -1.30. The summed E-state index contributed by atoms with van der Waals surface area (Å²) in [7, 11) is 0. The van der Waals surface area contributed by atoms with Crippen LogP contribution in [0, 0.1) is 11.8 Å². The fraction of sp³-hybridized carbons (Fsp3) is 0.632. The summed E-state index contributed by atoms with van der Waals surface area (Å²) in [6, 6.07) is 5.79. The number of piperidine rings is 1. The second-order valence-electron chi connectivity index (χ2n) is 8.08. The van der Waals surface area contributed by atoms with Crippen LogP contribution in [0.4, 0.5) is 0 Å². The largest absolute Gasteiger partial charge is 0.487 e. The van der Waals surface area contributed by atoms with Crippen LogP contribution in [0.5, 0.6) is 5.75 Å². The van der Waals surface area contributed by atoms with Crippen molar-refractivity contribution < 1.29 is 14.3 Å². The number of fused-ring (bicyclic) bond motifs is 4. The molecule has 3 aliphatic heterocycles. The normalized spacial score (nSPS) is 33.6. The summed E-state index contributed by atoms with van der Waals surface area (Å²) in [5, 5.41) is 0.711. The van der Waals surface area contributed by atoms with E-state index in [0.717, 1.165) is 37.2 Å². The molecule has 0 spiro atoms. The lowest BCUT2D eigenvalue weighted by atomic mass is 9.70. The fourth-order valence-corrected chi connectivity index (χ4v) is 4.90. The van der Waals surface area contributed by atoms with Gasteiger partial charge in [0.1, 0.15) is 11.4 Å². The van der Waals surface area contributed by atoms with E-state index >= 15 is 0 Å². The number of rotatable bonds is 2. The fourth-order valence-electron chi connectivity index (χ4n) is 4.72. The van der Waals surface area contributed by atoms with E-state index in [1.165, 1.54) is 0 Å². The maximum atomic E-state index is 11.2. The summed E-state index contributed by atoms with van der Waals surface area (Å²) in [5.74, 6) is 1.27. The number of hydrogen-bond acceptors (Lipinski definition) is 4. The lowest BCUT2D eigenvalue weighted by Crippen LogP contribution is -2.55. The van der Waals surface area contributed by atoms with Crippen LogP contribution in [0.3, 0.4) is 0 Å². The number of ether oxygens (including phenoxy) is 2. The van der Waals surface area contributed by atoms with E-state index in [2.05, 4.69) is 18.7 Å². The van der Waals surface area contributed by atoms with Crippen molar-refractivity contribution in [1.82, 2.24) is 4.90 Å². The van der Waals surface area contributed by atoms with Crippen LogP contribution in [0.15, 0.2) is 18.2 Å². The van der Waals surface area contributed by atoms with Crippen LogP contribution in [0.2, 0.25) is 5.02 Å². The standard InChI is InChI=1S/C19H25ClN2O3/c1-19(2)14-7-11-9-22(10-17(21)23)6-5-15(11)24-18(14)13-8-12(20)3-4-16(13)25-19/h3-4,8,11,14-15,18H,5-7,9-10H2,1-2H3,(H2,21,23)/t11-,14+,15+,18-/m0/s1. The molecule has 2 saturated heterocycles. The highest BCUT2D eigenvalue weighted by Gasteiger charge is 2.51. The van der Waals surface area contributed by atoms with Gasteiger partial charge in [0, 0.05) is 29.6 Å². The number of likely N-dealkylation sites (tertiary alicyclic amines) is 1. The topological polar surface area (TPSA) is 64.8 Å². The van der Waals surface area contributed by atoms with E-state index < -0.39 is 0 Å². The number of carbonyl (C=O) groups excluding carboxylic acids is 1. The lowest BCUT2D eigenvalue weighted by Gasteiger charge is -2.53. The zero-order valence-electron chi connectivity index (χ0n) is 14.7. The Labute approximate surface area is 153 Å². The number of carbonyl (C=O) groups is 1. The first kappa shape index (κ1) is 17.1. The van der Waals surface area contributed by atoms with Crippen LogP contribution < -0.4 is 10.5 Å². The summed E-state index contributed by atoms with van der Waals surface area (Å²) in [6.07, 6.45) is 2.18. The van der Waals surface area contributed by atoms with Crippen LogP contribution in [-0.2, 0) is 9.53 Å². The summed E-state index contributed by atoms with van der Waals surface area (Å²) >= 11 is 6.22. The second kappa shape index (κ2) is 6.15. The third kappa shape index (κ3) is 3.14. The molecule has 3 aliphatic rings. The average molecular weight is 365 g/mol. The number of nitrogens with zero attached hydrogens (tertiary/aromatic N) is 1. The number of hydrogen-bond donors (Lipinski definition) is 1. The lowest BCUT2D eigenvalue weighted by molar-refractivity contribution is -0.187. The molecule has 4 atom stereocenters. The predicted molar refractivity (Wildman–Crippen MR) is 95.6 cm³/mol. The van der Waals surface area contributed by atoms with Crippen molar-refractivity contribution in [2.75, 3.05) is 19.6 Å². The Morgan fingerprint density at radius 1 is 1.44 bits per heavy atom. The van der Waals surface area contributed by atoms with E-state index in [1.54, 1.807) is 0 Å². The zero-order chi connectivity index (χ0) is 17.8. The zero-order valence-corrected chi connectivity index (χ0v) is 15.5. The molecule has 2 N–H and O–H groups in total. The first-order valence-electron chi connectivity index (χ1n) is 8.98. The van der Waals surface area contributed by atoms with Crippen LogP contribution in [0.25, 0.3) is 0 Å². The van der Waals surface area contributed by atoms with E-state index in [4.69, 9.17) is 26.8 Å². The maximum absolute atomic E-state index is 11.2. The van der Waals surface area contributed by atoms with Crippen molar-refractivity contribution in [1.29, 1.82) is 0 Å². The predicted octanol–water partition coefficient (Wildman–Crippen LogP) is 2.76. The molecule has 0 radical (unpaired) electrons. The Morgan fingerprint density at radius 3 is 3.00 bits per heavy atom. The van der Waals surface area contributed by atoms with Crippen molar-refractivity contribution in [3.05, 3.63) is 28.8 Å². The first-order valence-corrected chi connectivity index (χ1v) is 9.36. The number of benzene rings is 1. The highest BCUT2D eigenvalue weighted by molar-refractivity contribution is 6.30. The van der Waals surface area contributed by atoms with Crippen LogP contribution >= 0.6 is 11.6 Å². The SMILES string of the molecule is CC1(C)Oc2ccc(Cl)cc2[C@@H]2O[C@@H]3CCN(CC(N)=O)C[C@@H]3C[C@H]21. The Morgan fingerprint density at radius 2 is 2.24 bits per heavy atom. The molecule has 0 unspecified atom stereocenters. The highest BCUT2D eigenvalue weighted by Crippen LogP contribution is 2.53. The molecule has 4 rings (SSSR count). The van der Waals surface area contributed by atoms with Crippen molar-refractivity contribution >= 4 is 17.5 Å².